The lowest BCUT2D eigenvalue weighted by atomic mass is 10.1. The molecule has 0 aromatic carbocycles. The summed E-state index contributed by atoms with van der Waals surface area (Å²) in [6, 6.07) is 0. The monoisotopic (exact) mass is 214 g/mol. The van der Waals surface area contributed by atoms with Crippen molar-refractivity contribution in [3.05, 3.63) is 0 Å². The Kier molecular flexibility index (Phi) is 5.92. The van der Waals surface area contributed by atoms with Gasteiger partial charge in [0.1, 0.15) is 0 Å². The number of Topliss-reactive ketones (excluding diaryl/α,β-unsaturated/α-hetero) is 2. The average molecular weight is 214 g/mol. The number of carbonyl (C=O) groups is 4. The number of ketones is 2. The Bertz CT molecular complexity index is 286. The van der Waals surface area contributed by atoms with Crippen LogP contribution in [0, 0.1) is 0 Å². The van der Waals surface area contributed by atoms with E-state index in [-0.39, 0.29) is 12.8 Å². The lowest BCUT2D eigenvalue weighted by Gasteiger charge is -1.97. The number of unbranched alkanes of at least 4 members (excludes halogenated alkanes) is 2. The summed E-state index contributed by atoms with van der Waals surface area (Å²) < 4.78 is 0. The van der Waals surface area contributed by atoms with E-state index in [1.54, 1.807) is 0 Å². The number of nitrogens with two attached hydrogens (primary N) is 2. The molecule has 0 aliphatic carbocycles. The van der Waals surface area contributed by atoms with Crippen molar-refractivity contribution in [3.63, 3.8) is 0 Å². The van der Waals surface area contributed by atoms with Gasteiger partial charge >= 0.3 is 0 Å². The van der Waals surface area contributed by atoms with Gasteiger partial charge in [0.15, 0.2) is 0 Å². The molecule has 0 unspecified atom stereocenters. The van der Waals surface area contributed by atoms with Crippen LogP contribution < -0.4 is 11.5 Å². The van der Waals surface area contributed by atoms with Gasteiger partial charge < -0.3 is 11.5 Å². The highest BCUT2D eigenvalue weighted by Gasteiger charge is 2.18. The summed E-state index contributed by atoms with van der Waals surface area (Å²) in [5.74, 6) is -3.56. The Morgan fingerprint density at radius 2 is 1.33 bits per heavy atom. The van der Waals surface area contributed by atoms with E-state index < -0.39 is 23.4 Å². The summed E-state index contributed by atoms with van der Waals surface area (Å²) in [7, 11) is 0. The number of hydrogen-bond acceptors (Lipinski definition) is 4. The number of amides is 2. The molecule has 0 saturated heterocycles. The minimum absolute atomic E-state index is 0.0134. The summed E-state index contributed by atoms with van der Waals surface area (Å²) in [5, 5.41) is 0. The van der Waals surface area contributed by atoms with E-state index in [0.29, 0.717) is 19.3 Å². The number of rotatable bonds is 8. The van der Waals surface area contributed by atoms with Crippen LogP contribution in [0.4, 0.5) is 0 Å². The Morgan fingerprint density at radius 3 is 1.80 bits per heavy atom. The van der Waals surface area contributed by atoms with Gasteiger partial charge in [0, 0.05) is 12.8 Å². The van der Waals surface area contributed by atoms with E-state index >= 15 is 0 Å². The van der Waals surface area contributed by atoms with Crippen LogP contribution in [0.15, 0.2) is 0 Å². The van der Waals surface area contributed by atoms with E-state index in [9.17, 15) is 19.2 Å². The molecule has 0 bridgehead atoms. The molecule has 0 atom stereocenters. The Labute approximate surface area is 87.0 Å². The highest BCUT2D eigenvalue weighted by atomic mass is 16.2. The standard InChI is InChI=1S/C9H14N2O4/c10-7(13)5-3-1-2-4-6(12)8(14)9(11)15/h1-5H2,(H2,10,13)(H2,11,15). The molecule has 6 nitrogen and oxygen atoms in total. The molecule has 0 rings (SSSR count). The average Bonchev–Trinajstić information content (AvgIpc) is 2.15. The summed E-state index contributed by atoms with van der Waals surface area (Å²) in [6.45, 7) is 0. The Hall–Kier alpha value is -1.72. The first kappa shape index (κ1) is 13.3. The van der Waals surface area contributed by atoms with E-state index in [0.717, 1.165) is 0 Å². The molecule has 4 N–H and O–H groups in total. The van der Waals surface area contributed by atoms with Crippen LogP contribution in [0.3, 0.4) is 0 Å². The maximum atomic E-state index is 10.9. The van der Waals surface area contributed by atoms with Crippen LogP contribution >= 0.6 is 0 Å². The summed E-state index contributed by atoms with van der Waals surface area (Å²) in [6.07, 6.45) is 1.89. The smallest absolute Gasteiger partial charge is 0.292 e. The summed E-state index contributed by atoms with van der Waals surface area (Å²) >= 11 is 0. The normalized spacial score (nSPS) is 9.60. The van der Waals surface area contributed by atoms with Crippen LogP contribution in [-0.4, -0.2) is 23.4 Å². The Morgan fingerprint density at radius 1 is 0.800 bits per heavy atom. The maximum absolute atomic E-state index is 10.9. The molecular formula is C9H14N2O4. The van der Waals surface area contributed by atoms with Gasteiger partial charge in [0.25, 0.3) is 11.7 Å². The second-order valence-electron chi connectivity index (χ2n) is 3.14. The SMILES string of the molecule is NC(=O)CCCCCC(=O)C(=O)C(N)=O. The zero-order valence-electron chi connectivity index (χ0n) is 8.32. The van der Waals surface area contributed by atoms with Gasteiger partial charge in [-0.1, -0.05) is 6.42 Å². The van der Waals surface area contributed by atoms with Crippen LogP contribution in [0.2, 0.25) is 0 Å². The molecule has 0 fully saturated rings. The summed E-state index contributed by atoms with van der Waals surface area (Å²) in [5.41, 5.74) is 9.54. The zero-order chi connectivity index (χ0) is 11.8. The molecule has 15 heavy (non-hydrogen) atoms. The van der Waals surface area contributed by atoms with E-state index in [4.69, 9.17) is 5.73 Å². The first-order valence-corrected chi connectivity index (χ1v) is 4.60. The van der Waals surface area contributed by atoms with Crippen LogP contribution in [0.1, 0.15) is 32.1 Å². The highest BCUT2D eigenvalue weighted by molar-refractivity contribution is 6.63. The summed E-state index contributed by atoms with van der Waals surface area (Å²) in [4.78, 5) is 42.3. The number of primary amides is 2. The second kappa shape index (κ2) is 6.69. The van der Waals surface area contributed by atoms with Crippen LogP contribution in [0.25, 0.3) is 0 Å². The first-order valence-electron chi connectivity index (χ1n) is 4.60. The van der Waals surface area contributed by atoms with Gasteiger partial charge in [-0.05, 0) is 12.8 Å². The van der Waals surface area contributed by atoms with Gasteiger partial charge in [-0.3, -0.25) is 19.2 Å². The van der Waals surface area contributed by atoms with E-state index in [1.165, 1.54) is 0 Å². The molecule has 6 heteroatoms. The molecule has 0 heterocycles. The molecule has 0 aliphatic rings. The lowest BCUT2D eigenvalue weighted by molar-refractivity contribution is -0.143. The number of hydrogen-bond donors (Lipinski definition) is 2. The van der Waals surface area contributed by atoms with Crippen molar-refractivity contribution in [1.82, 2.24) is 0 Å². The fraction of sp³-hybridized carbons (Fsp3) is 0.556. The van der Waals surface area contributed by atoms with Crippen molar-refractivity contribution in [1.29, 1.82) is 0 Å². The van der Waals surface area contributed by atoms with E-state index in [2.05, 4.69) is 5.73 Å². The fourth-order valence-electron chi connectivity index (χ4n) is 1.01. The molecule has 0 radical (unpaired) electrons. The fourth-order valence-corrected chi connectivity index (χ4v) is 1.01. The van der Waals surface area contributed by atoms with Gasteiger partial charge in [0.2, 0.25) is 11.7 Å². The second-order valence-corrected chi connectivity index (χ2v) is 3.14. The quantitative estimate of drug-likeness (QED) is 0.307. The highest BCUT2D eigenvalue weighted by Crippen LogP contribution is 2.03. The van der Waals surface area contributed by atoms with Crippen molar-refractivity contribution in [2.45, 2.75) is 32.1 Å². The van der Waals surface area contributed by atoms with E-state index in [1.807, 2.05) is 0 Å². The Balaban J connectivity index is 3.60. The zero-order valence-corrected chi connectivity index (χ0v) is 8.32. The molecule has 0 aromatic rings. The molecule has 84 valence electrons. The first-order chi connectivity index (χ1) is 6.95. The molecular weight excluding hydrogens is 200 g/mol. The van der Waals surface area contributed by atoms with Gasteiger partial charge in [-0.2, -0.15) is 0 Å². The van der Waals surface area contributed by atoms with Crippen molar-refractivity contribution in [2.75, 3.05) is 0 Å². The number of carbonyl (C=O) groups excluding carboxylic acids is 4. The predicted molar refractivity (Wildman–Crippen MR) is 51.5 cm³/mol. The van der Waals surface area contributed by atoms with Crippen molar-refractivity contribution in [3.8, 4) is 0 Å². The largest absolute Gasteiger partial charge is 0.370 e. The lowest BCUT2D eigenvalue weighted by Crippen LogP contribution is -2.30. The van der Waals surface area contributed by atoms with Crippen molar-refractivity contribution in [2.24, 2.45) is 11.5 Å². The topological polar surface area (TPSA) is 120 Å². The van der Waals surface area contributed by atoms with Crippen molar-refractivity contribution < 1.29 is 19.2 Å². The minimum Gasteiger partial charge on any atom is -0.370 e. The molecule has 2 amide bonds. The van der Waals surface area contributed by atoms with Gasteiger partial charge in [-0.15, -0.1) is 0 Å². The molecule has 0 spiro atoms. The minimum atomic E-state index is -1.22. The third-order valence-corrected chi connectivity index (χ3v) is 1.80. The maximum Gasteiger partial charge on any atom is 0.292 e. The molecule has 0 aliphatic heterocycles. The molecule has 0 aromatic heterocycles. The van der Waals surface area contributed by atoms with Crippen LogP contribution in [0.5, 0.6) is 0 Å². The van der Waals surface area contributed by atoms with Gasteiger partial charge in [0.05, 0.1) is 0 Å². The third-order valence-electron chi connectivity index (χ3n) is 1.80. The predicted octanol–water partition coefficient (Wildman–Crippen LogP) is -0.954. The third kappa shape index (κ3) is 6.36. The van der Waals surface area contributed by atoms with Crippen LogP contribution in [-0.2, 0) is 19.2 Å². The molecule has 0 saturated carbocycles. The van der Waals surface area contributed by atoms with Crippen molar-refractivity contribution >= 4 is 23.4 Å². The van der Waals surface area contributed by atoms with Gasteiger partial charge in [-0.25, -0.2) is 0 Å².